The lowest BCUT2D eigenvalue weighted by Gasteiger charge is -2.17. The zero-order valence-corrected chi connectivity index (χ0v) is 16.5. The highest BCUT2D eigenvalue weighted by atomic mass is 35.5. The van der Waals surface area contributed by atoms with Crippen LogP contribution in [0.3, 0.4) is 0 Å². The summed E-state index contributed by atoms with van der Waals surface area (Å²) in [6.45, 7) is 1.67. The highest BCUT2D eigenvalue weighted by Crippen LogP contribution is 2.36. The molecule has 2 aromatic carbocycles. The minimum absolute atomic E-state index is 0.00673. The summed E-state index contributed by atoms with van der Waals surface area (Å²) >= 11 is 13.5. The van der Waals surface area contributed by atoms with Gasteiger partial charge in [0.2, 0.25) is 0 Å². The van der Waals surface area contributed by atoms with Gasteiger partial charge in [-0.25, -0.2) is 8.42 Å². The summed E-state index contributed by atoms with van der Waals surface area (Å²) in [6.07, 6.45) is 0. The van der Waals surface area contributed by atoms with Gasteiger partial charge in [-0.2, -0.15) is 0 Å². The number of sulfonamides is 1. The molecule has 9 heteroatoms. The second-order valence-corrected chi connectivity index (χ2v) is 8.94. The Labute approximate surface area is 165 Å². The molecule has 0 saturated carbocycles. The molecule has 0 aliphatic carbocycles. The number of fused-ring (bicyclic) bond motifs is 1. The second-order valence-electron chi connectivity index (χ2n) is 5.67. The number of benzene rings is 2. The Balaban J connectivity index is 1.56. The Kier molecular flexibility index (Phi) is 4.64. The van der Waals surface area contributed by atoms with Gasteiger partial charge in [0.05, 0.1) is 22.3 Å². The fraction of sp³-hybridized carbons (Fsp3) is 0.118. The number of hydrogen-bond acceptors (Lipinski definition) is 5. The molecule has 5 nitrogen and oxygen atoms in total. The van der Waals surface area contributed by atoms with Gasteiger partial charge in [-0.15, -0.1) is 0 Å². The maximum Gasteiger partial charge on any atom is 0.263 e. The standard InChI is InChI=1S/C17H13Cl2N3O2S2/c18-13-2-1-3-15(16(13)19)26(23,24)21-12-6-4-11(5-7-12)14-10-25-17-20-8-9-22(14)17/h1-7,10,21H,8-9H2. The smallest absolute Gasteiger partial charge is 0.263 e. The molecule has 0 bridgehead atoms. The van der Waals surface area contributed by atoms with Crippen molar-refractivity contribution in [3.63, 3.8) is 0 Å². The highest BCUT2D eigenvalue weighted by molar-refractivity contribution is 8.16. The minimum Gasteiger partial charge on any atom is -0.318 e. The predicted molar refractivity (Wildman–Crippen MR) is 108 cm³/mol. The third-order valence-corrected chi connectivity index (χ3v) is 7.26. The van der Waals surface area contributed by atoms with Crippen molar-refractivity contribution in [1.82, 2.24) is 4.90 Å². The van der Waals surface area contributed by atoms with Crippen molar-refractivity contribution in [2.24, 2.45) is 4.99 Å². The molecule has 0 amide bonds. The zero-order chi connectivity index (χ0) is 18.3. The maximum absolute atomic E-state index is 12.6. The number of nitrogens with zero attached hydrogens (tertiary/aromatic N) is 2. The number of thioether (sulfide) groups is 1. The van der Waals surface area contributed by atoms with E-state index in [1.807, 2.05) is 12.1 Å². The molecule has 0 atom stereocenters. The minimum atomic E-state index is -3.83. The molecule has 2 aliphatic heterocycles. The third-order valence-electron chi connectivity index (χ3n) is 4.01. The molecule has 134 valence electrons. The number of rotatable bonds is 4. The van der Waals surface area contributed by atoms with Crippen molar-refractivity contribution < 1.29 is 8.42 Å². The van der Waals surface area contributed by atoms with Crippen LogP contribution in [-0.2, 0) is 10.0 Å². The van der Waals surface area contributed by atoms with Crippen molar-refractivity contribution in [1.29, 1.82) is 0 Å². The van der Waals surface area contributed by atoms with Crippen molar-refractivity contribution in [2.75, 3.05) is 17.8 Å². The van der Waals surface area contributed by atoms with Crippen LogP contribution in [-0.4, -0.2) is 31.6 Å². The number of anilines is 1. The molecule has 0 radical (unpaired) electrons. The first-order valence-corrected chi connectivity index (χ1v) is 10.8. The number of aliphatic imine (C=N–C) groups is 1. The van der Waals surface area contributed by atoms with Crippen LogP contribution in [0.15, 0.2) is 57.8 Å². The second kappa shape index (κ2) is 6.81. The van der Waals surface area contributed by atoms with Crippen molar-refractivity contribution >= 4 is 61.5 Å². The van der Waals surface area contributed by atoms with E-state index in [4.69, 9.17) is 23.2 Å². The molecule has 0 spiro atoms. The van der Waals surface area contributed by atoms with E-state index in [0.717, 1.165) is 29.5 Å². The summed E-state index contributed by atoms with van der Waals surface area (Å²) in [5.74, 6) is 0. The van der Waals surface area contributed by atoms with Crippen LogP contribution in [0.1, 0.15) is 5.56 Å². The van der Waals surface area contributed by atoms with E-state index < -0.39 is 10.0 Å². The molecular formula is C17H13Cl2N3O2S2. The Hall–Kier alpha value is -1.67. The summed E-state index contributed by atoms with van der Waals surface area (Å²) in [4.78, 5) is 6.54. The van der Waals surface area contributed by atoms with E-state index in [2.05, 4.69) is 20.0 Å². The van der Waals surface area contributed by atoms with Gasteiger partial charge in [0.25, 0.3) is 10.0 Å². The normalized spacial score (nSPS) is 16.3. The van der Waals surface area contributed by atoms with Gasteiger partial charge in [0.1, 0.15) is 4.90 Å². The Morgan fingerprint density at radius 1 is 1.12 bits per heavy atom. The molecular weight excluding hydrogens is 413 g/mol. The molecule has 4 rings (SSSR count). The average Bonchev–Trinajstić information content (AvgIpc) is 3.21. The maximum atomic E-state index is 12.6. The highest BCUT2D eigenvalue weighted by Gasteiger charge is 2.27. The average molecular weight is 426 g/mol. The van der Waals surface area contributed by atoms with Gasteiger partial charge in [0, 0.05) is 17.6 Å². The number of amidine groups is 1. The van der Waals surface area contributed by atoms with Crippen LogP contribution >= 0.6 is 35.0 Å². The SMILES string of the molecule is O=S(=O)(Nc1ccc(C2=CSC3=NCCN23)cc1)c1cccc(Cl)c1Cl. The monoisotopic (exact) mass is 425 g/mol. The molecule has 2 aliphatic rings. The Morgan fingerprint density at radius 2 is 1.88 bits per heavy atom. The summed E-state index contributed by atoms with van der Waals surface area (Å²) in [5, 5.41) is 3.27. The first-order valence-electron chi connectivity index (χ1n) is 7.72. The largest absolute Gasteiger partial charge is 0.318 e. The van der Waals surface area contributed by atoms with Crippen molar-refractivity contribution in [2.45, 2.75) is 4.90 Å². The number of nitrogens with one attached hydrogen (secondary N) is 1. The lowest BCUT2D eigenvalue weighted by molar-refractivity contribution is 0.601. The number of halogens is 2. The molecule has 0 fully saturated rings. The van der Waals surface area contributed by atoms with Gasteiger partial charge in [0.15, 0.2) is 5.17 Å². The summed E-state index contributed by atoms with van der Waals surface area (Å²) in [5.41, 5.74) is 2.54. The van der Waals surface area contributed by atoms with E-state index in [-0.39, 0.29) is 14.9 Å². The fourth-order valence-electron chi connectivity index (χ4n) is 2.76. The zero-order valence-electron chi connectivity index (χ0n) is 13.3. The Morgan fingerprint density at radius 3 is 2.65 bits per heavy atom. The van der Waals surface area contributed by atoms with Gasteiger partial charge in [-0.05, 0) is 29.8 Å². The lowest BCUT2D eigenvalue weighted by atomic mass is 10.1. The molecule has 0 unspecified atom stereocenters. The molecule has 26 heavy (non-hydrogen) atoms. The van der Waals surface area contributed by atoms with Crippen LogP contribution in [0.5, 0.6) is 0 Å². The molecule has 0 saturated heterocycles. The van der Waals surface area contributed by atoms with Gasteiger partial charge < -0.3 is 4.90 Å². The first kappa shape index (κ1) is 17.7. The fourth-order valence-corrected chi connectivity index (χ4v) is 5.54. The van der Waals surface area contributed by atoms with Crippen LogP contribution in [0.4, 0.5) is 5.69 Å². The van der Waals surface area contributed by atoms with Gasteiger partial charge in [-0.3, -0.25) is 9.71 Å². The summed E-state index contributed by atoms with van der Waals surface area (Å²) in [6, 6.07) is 11.7. The molecule has 1 N–H and O–H groups in total. The van der Waals surface area contributed by atoms with Crippen LogP contribution in [0, 0.1) is 0 Å². The van der Waals surface area contributed by atoms with Crippen molar-refractivity contribution in [3.05, 3.63) is 63.5 Å². The molecule has 2 heterocycles. The van der Waals surface area contributed by atoms with E-state index >= 15 is 0 Å². The van der Waals surface area contributed by atoms with E-state index in [9.17, 15) is 8.42 Å². The molecule has 0 aromatic heterocycles. The quantitative estimate of drug-likeness (QED) is 0.782. The Bertz CT molecular complexity index is 1030. The van der Waals surface area contributed by atoms with Crippen LogP contribution in [0.2, 0.25) is 10.0 Å². The topological polar surface area (TPSA) is 61.8 Å². The number of hydrogen-bond donors (Lipinski definition) is 1. The summed E-state index contributed by atoms with van der Waals surface area (Å²) in [7, 11) is -3.83. The summed E-state index contributed by atoms with van der Waals surface area (Å²) < 4.78 is 27.7. The molecule has 2 aromatic rings. The first-order chi connectivity index (χ1) is 12.5. The van der Waals surface area contributed by atoms with E-state index in [1.54, 1.807) is 36.0 Å². The van der Waals surface area contributed by atoms with Crippen LogP contribution < -0.4 is 4.72 Å². The van der Waals surface area contributed by atoms with Gasteiger partial charge in [-0.1, -0.05) is 53.2 Å². The van der Waals surface area contributed by atoms with Gasteiger partial charge >= 0.3 is 0 Å². The van der Waals surface area contributed by atoms with E-state index in [0.29, 0.717) is 5.69 Å². The lowest BCUT2D eigenvalue weighted by Crippen LogP contribution is -2.19. The van der Waals surface area contributed by atoms with E-state index in [1.165, 1.54) is 6.07 Å². The third kappa shape index (κ3) is 3.20. The van der Waals surface area contributed by atoms with Crippen molar-refractivity contribution in [3.8, 4) is 0 Å². The van der Waals surface area contributed by atoms with Crippen LogP contribution in [0.25, 0.3) is 5.70 Å². The predicted octanol–water partition coefficient (Wildman–Crippen LogP) is 4.51.